The van der Waals surface area contributed by atoms with E-state index in [9.17, 15) is 29.4 Å². The maximum atomic E-state index is 13.1. The lowest BCUT2D eigenvalue weighted by atomic mass is 10.2. The van der Waals surface area contributed by atoms with Crippen molar-refractivity contribution in [2.24, 2.45) is 5.92 Å². The molecule has 1 heterocycles. The van der Waals surface area contributed by atoms with E-state index in [0.29, 0.717) is 0 Å². The van der Waals surface area contributed by atoms with Crippen molar-refractivity contribution in [3.05, 3.63) is 80.5 Å². The van der Waals surface area contributed by atoms with E-state index in [4.69, 9.17) is 10.5 Å². The molecule has 3 rings (SSSR count). The summed E-state index contributed by atoms with van der Waals surface area (Å²) in [7, 11) is 0. The number of H-pyrrole nitrogens is 1. The molecule has 0 spiro atoms. The van der Waals surface area contributed by atoms with Crippen LogP contribution >= 0.6 is 0 Å². The Morgan fingerprint density at radius 2 is 1.80 bits per heavy atom. The van der Waals surface area contributed by atoms with Crippen molar-refractivity contribution in [1.82, 2.24) is 9.55 Å². The van der Waals surface area contributed by atoms with Gasteiger partial charge in [0.2, 0.25) is 0 Å². The Morgan fingerprint density at radius 1 is 1.11 bits per heavy atom. The van der Waals surface area contributed by atoms with E-state index in [2.05, 4.69) is 4.98 Å². The molecular weight excluding hydrogens is 456 g/mol. The molecule has 0 unspecified atom stereocenters. The molecule has 2 aromatic carbocycles. The number of phenols is 2. The highest BCUT2D eigenvalue weighted by atomic mass is 16.5. The normalized spacial score (nSPS) is 10.8. The Kier molecular flexibility index (Phi) is 7.59. The number of anilines is 2. The smallest absolute Gasteiger partial charge is 0.342 e. The lowest BCUT2D eigenvalue weighted by Crippen LogP contribution is -2.44. The number of benzene rings is 2. The summed E-state index contributed by atoms with van der Waals surface area (Å²) in [6.45, 7) is 2.98. The second-order valence-electron chi connectivity index (χ2n) is 8.24. The third kappa shape index (κ3) is 5.88. The number of nitrogens with one attached hydrogen (secondary N) is 1. The Morgan fingerprint density at radius 3 is 2.43 bits per heavy atom. The fourth-order valence-electron chi connectivity index (χ4n) is 3.42. The summed E-state index contributed by atoms with van der Waals surface area (Å²) < 4.78 is 6.18. The fraction of sp³-hybridized carbons (Fsp3) is 0.250. The fourth-order valence-corrected chi connectivity index (χ4v) is 3.42. The SMILES string of the molecule is CC(C)CN(C(=O)COC(=O)c1ccc(O)cc1O)c1c(N)n(Cc2ccccc2)c(=O)[nH]c1=O. The van der Waals surface area contributed by atoms with Crippen LogP contribution in [0.1, 0.15) is 29.8 Å². The van der Waals surface area contributed by atoms with Crippen molar-refractivity contribution in [2.75, 3.05) is 23.8 Å². The maximum absolute atomic E-state index is 13.1. The monoisotopic (exact) mass is 482 g/mol. The minimum Gasteiger partial charge on any atom is -0.508 e. The zero-order valence-corrected chi connectivity index (χ0v) is 19.2. The Hall–Kier alpha value is -4.54. The first kappa shape index (κ1) is 25.1. The summed E-state index contributed by atoms with van der Waals surface area (Å²) in [6, 6.07) is 12.2. The van der Waals surface area contributed by atoms with E-state index in [1.54, 1.807) is 24.3 Å². The van der Waals surface area contributed by atoms with Crippen molar-refractivity contribution in [2.45, 2.75) is 20.4 Å². The Bertz CT molecular complexity index is 1350. The number of aromatic nitrogens is 2. The summed E-state index contributed by atoms with van der Waals surface area (Å²) in [6.07, 6.45) is 0. The lowest BCUT2D eigenvalue weighted by molar-refractivity contribution is -0.121. The Balaban J connectivity index is 1.91. The highest BCUT2D eigenvalue weighted by molar-refractivity contribution is 5.99. The predicted octanol–water partition coefficient (Wildman–Crippen LogP) is 1.42. The first-order valence-electron chi connectivity index (χ1n) is 10.7. The number of rotatable bonds is 8. The summed E-state index contributed by atoms with van der Waals surface area (Å²) in [4.78, 5) is 53.9. The van der Waals surface area contributed by atoms with Crippen LogP contribution in [0.4, 0.5) is 11.5 Å². The van der Waals surface area contributed by atoms with Gasteiger partial charge in [0.1, 0.15) is 22.9 Å². The number of nitrogens with zero attached hydrogens (tertiary/aromatic N) is 2. The molecule has 1 amide bonds. The molecule has 5 N–H and O–H groups in total. The molecule has 0 aliphatic rings. The number of hydrogen-bond donors (Lipinski definition) is 4. The van der Waals surface area contributed by atoms with Gasteiger partial charge in [-0.25, -0.2) is 9.59 Å². The topological polar surface area (TPSA) is 168 Å². The highest BCUT2D eigenvalue weighted by Crippen LogP contribution is 2.24. The van der Waals surface area contributed by atoms with Gasteiger partial charge in [0, 0.05) is 12.6 Å². The molecule has 0 atom stereocenters. The van der Waals surface area contributed by atoms with Gasteiger partial charge in [-0.05, 0) is 23.6 Å². The van der Waals surface area contributed by atoms with Crippen LogP contribution in [-0.4, -0.2) is 44.8 Å². The van der Waals surface area contributed by atoms with Gasteiger partial charge in [0.05, 0.1) is 6.54 Å². The van der Waals surface area contributed by atoms with Gasteiger partial charge in [-0.3, -0.25) is 19.1 Å². The van der Waals surface area contributed by atoms with Crippen molar-refractivity contribution in [1.29, 1.82) is 0 Å². The average molecular weight is 482 g/mol. The van der Waals surface area contributed by atoms with E-state index >= 15 is 0 Å². The van der Waals surface area contributed by atoms with E-state index in [0.717, 1.165) is 27.2 Å². The second kappa shape index (κ2) is 10.6. The molecule has 184 valence electrons. The number of esters is 1. The van der Waals surface area contributed by atoms with E-state index < -0.39 is 35.5 Å². The largest absolute Gasteiger partial charge is 0.508 e. The minimum absolute atomic E-state index is 0.0532. The zero-order chi connectivity index (χ0) is 25.7. The van der Waals surface area contributed by atoms with E-state index in [1.807, 2.05) is 19.9 Å². The molecule has 0 saturated heterocycles. The molecule has 0 fully saturated rings. The Labute approximate surface area is 200 Å². The number of phenolic OH excluding ortho intramolecular Hbond substituents is 2. The third-order valence-corrected chi connectivity index (χ3v) is 5.04. The van der Waals surface area contributed by atoms with Gasteiger partial charge in [-0.2, -0.15) is 0 Å². The van der Waals surface area contributed by atoms with Gasteiger partial charge < -0.3 is 25.6 Å². The van der Waals surface area contributed by atoms with Crippen LogP contribution in [0.2, 0.25) is 0 Å². The number of amides is 1. The van der Waals surface area contributed by atoms with Gasteiger partial charge in [-0.1, -0.05) is 44.2 Å². The molecular formula is C24H26N4O7. The van der Waals surface area contributed by atoms with Gasteiger partial charge in [0.25, 0.3) is 11.5 Å². The molecule has 11 heteroatoms. The van der Waals surface area contributed by atoms with Crippen LogP contribution in [0.25, 0.3) is 0 Å². The molecule has 0 aliphatic heterocycles. The van der Waals surface area contributed by atoms with Crippen molar-refractivity contribution in [3.63, 3.8) is 0 Å². The number of nitrogen functional groups attached to an aromatic ring is 1. The summed E-state index contributed by atoms with van der Waals surface area (Å²) in [5, 5.41) is 19.2. The summed E-state index contributed by atoms with van der Waals surface area (Å²) in [5.41, 5.74) is 4.90. The number of nitrogens with two attached hydrogens (primary N) is 1. The molecule has 35 heavy (non-hydrogen) atoms. The molecule has 0 saturated carbocycles. The van der Waals surface area contributed by atoms with E-state index in [-0.39, 0.29) is 41.8 Å². The van der Waals surface area contributed by atoms with Crippen LogP contribution < -0.4 is 21.9 Å². The van der Waals surface area contributed by atoms with E-state index in [1.165, 1.54) is 6.07 Å². The van der Waals surface area contributed by atoms with Crippen molar-refractivity contribution in [3.8, 4) is 11.5 Å². The highest BCUT2D eigenvalue weighted by Gasteiger charge is 2.26. The quantitative estimate of drug-likeness (QED) is 0.350. The number of ether oxygens (including phenoxy) is 1. The number of carbonyl (C=O) groups excluding carboxylic acids is 2. The molecule has 0 aliphatic carbocycles. The van der Waals surface area contributed by atoms with Gasteiger partial charge in [0.15, 0.2) is 12.3 Å². The van der Waals surface area contributed by atoms with Crippen molar-refractivity contribution >= 4 is 23.4 Å². The predicted molar refractivity (Wildman–Crippen MR) is 129 cm³/mol. The molecule has 0 bridgehead atoms. The van der Waals surface area contributed by atoms with Crippen LogP contribution in [0, 0.1) is 5.92 Å². The number of aromatic amines is 1. The maximum Gasteiger partial charge on any atom is 0.342 e. The summed E-state index contributed by atoms with van der Waals surface area (Å²) >= 11 is 0. The minimum atomic E-state index is -1.00. The molecule has 3 aromatic rings. The van der Waals surface area contributed by atoms with Crippen LogP contribution in [0.3, 0.4) is 0 Å². The van der Waals surface area contributed by atoms with Crippen LogP contribution in [-0.2, 0) is 16.1 Å². The first-order valence-corrected chi connectivity index (χ1v) is 10.7. The van der Waals surface area contributed by atoms with Gasteiger partial charge >= 0.3 is 11.7 Å². The van der Waals surface area contributed by atoms with Crippen LogP contribution in [0.5, 0.6) is 11.5 Å². The standard InChI is InChI=1S/C24H26N4O7/c1-14(2)11-27(19(31)13-35-23(33)17-9-8-16(29)10-18(17)30)20-21(25)28(24(34)26-22(20)32)12-15-6-4-3-5-7-15/h3-10,14,29-30H,11-13,25H2,1-2H3,(H,26,32,34). The molecule has 1 aromatic heterocycles. The van der Waals surface area contributed by atoms with Crippen LogP contribution in [0.15, 0.2) is 58.1 Å². The number of hydrogen-bond acceptors (Lipinski definition) is 8. The average Bonchev–Trinajstić information content (AvgIpc) is 2.79. The number of aromatic hydroxyl groups is 2. The zero-order valence-electron chi connectivity index (χ0n) is 19.2. The van der Waals surface area contributed by atoms with Gasteiger partial charge in [-0.15, -0.1) is 0 Å². The second-order valence-corrected chi connectivity index (χ2v) is 8.24. The van der Waals surface area contributed by atoms with Crippen molar-refractivity contribution < 1.29 is 24.5 Å². The summed E-state index contributed by atoms with van der Waals surface area (Å²) in [5.74, 6) is -2.85. The number of carbonyl (C=O) groups is 2. The first-order chi connectivity index (χ1) is 16.6. The third-order valence-electron chi connectivity index (χ3n) is 5.04. The lowest BCUT2D eigenvalue weighted by Gasteiger charge is -2.26. The molecule has 11 nitrogen and oxygen atoms in total. The molecule has 0 radical (unpaired) electrons.